The average Bonchev–Trinajstić information content (AvgIpc) is 2.72. The van der Waals surface area contributed by atoms with E-state index in [0.717, 1.165) is 29.8 Å². The van der Waals surface area contributed by atoms with Crippen molar-refractivity contribution in [2.45, 2.75) is 59.4 Å². The standard InChI is InChI=1S/C15H25N3/c1-11(2)7-8-14-6-5-9-18(14)15-10-12(3)16-13(4)17-15/h10-11,14H,5-9H2,1-4H3. The fourth-order valence-corrected chi connectivity index (χ4v) is 2.81. The van der Waals surface area contributed by atoms with Crippen molar-refractivity contribution in [2.75, 3.05) is 11.4 Å². The first kappa shape index (κ1) is 13.3. The lowest BCUT2D eigenvalue weighted by Gasteiger charge is -2.26. The third-order valence-electron chi connectivity index (χ3n) is 3.70. The molecule has 0 N–H and O–H groups in total. The lowest BCUT2D eigenvalue weighted by molar-refractivity contribution is 0.494. The molecular weight excluding hydrogens is 222 g/mol. The number of hydrogen-bond acceptors (Lipinski definition) is 3. The molecule has 1 aliphatic heterocycles. The zero-order chi connectivity index (χ0) is 13.1. The van der Waals surface area contributed by atoms with E-state index in [1.165, 1.54) is 25.7 Å². The summed E-state index contributed by atoms with van der Waals surface area (Å²) in [5, 5.41) is 0. The van der Waals surface area contributed by atoms with Gasteiger partial charge in [0.15, 0.2) is 0 Å². The predicted molar refractivity (Wildman–Crippen MR) is 75.9 cm³/mol. The molecule has 3 nitrogen and oxygen atoms in total. The van der Waals surface area contributed by atoms with Gasteiger partial charge >= 0.3 is 0 Å². The Morgan fingerprint density at radius 3 is 2.78 bits per heavy atom. The maximum atomic E-state index is 4.61. The molecule has 1 atom stereocenters. The van der Waals surface area contributed by atoms with E-state index in [9.17, 15) is 0 Å². The second-order valence-corrected chi connectivity index (χ2v) is 5.88. The van der Waals surface area contributed by atoms with Gasteiger partial charge in [-0.25, -0.2) is 9.97 Å². The summed E-state index contributed by atoms with van der Waals surface area (Å²) in [6.45, 7) is 9.79. The number of aromatic nitrogens is 2. The van der Waals surface area contributed by atoms with Gasteiger partial charge in [-0.15, -0.1) is 0 Å². The summed E-state index contributed by atoms with van der Waals surface area (Å²) >= 11 is 0. The Hall–Kier alpha value is -1.12. The van der Waals surface area contributed by atoms with Crippen LogP contribution in [0.3, 0.4) is 0 Å². The Labute approximate surface area is 111 Å². The van der Waals surface area contributed by atoms with Gasteiger partial charge in [0.05, 0.1) is 0 Å². The molecule has 0 amide bonds. The van der Waals surface area contributed by atoms with E-state index in [1.54, 1.807) is 0 Å². The fourth-order valence-electron chi connectivity index (χ4n) is 2.81. The summed E-state index contributed by atoms with van der Waals surface area (Å²) in [7, 11) is 0. The van der Waals surface area contributed by atoms with Crippen LogP contribution in [0, 0.1) is 19.8 Å². The van der Waals surface area contributed by atoms with Crippen LogP contribution in [0.15, 0.2) is 6.07 Å². The number of rotatable bonds is 4. The molecular formula is C15H25N3. The first-order valence-electron chi connectivity index (χ1n) is 7.15. The number of nitrogens with zero attached hydrogens (tertiary/aromatic N) is 3. The third kappa shape index (κ3) is 3.21. The zero-order valence-electron chi connectivity index (χ0n) is 12.1. The molecule has 100 valence electrons. The van der Waals surface area contributed by atoms with Gasteiger partial charge in [0.25, 0.3) is 0 Å². The minimum absolute atomic E-state index is 0.682. The Morgan fingerprint density at radius 1 is 1.33 bits per heavy atom. The van der Waals surface area contributed by atoms with Crippen molar-refractivity contribution in [1.29, 1.82) is 0 Å². The first-order chi connectivity index (χ1) is 8.56. The van der Waals surface area contributed by atoms with Crippen molar-refractivity contribution in [3.63, 3.8) is 0 Å². The van der Waals surface area contributed by atoms with E-state index < -0.39 is 0 Å². The molecule has 1 saturated heterocycles. The van der Waals surface area contributed by atoms with Crippen molar-refractivity contribution in [3.05, 3.63) is 17.6 Å². The number of anilines is 1. The summed E-state index contributed by atoms with van der Waals surface area (Å²) in [5.74, 6) is 2.81. The molecule has 0 radical (unpaired) electrons. The highest BCUT2D eigenvalue weighted by Gasteiger charge is 2.25. The summed E-state index contributed by atoms with van der Waals surface area (Å²) in [6.07, 6.45) is 5.21. The number of hydrogen-bond donors (Lipinski definition) is 0. The topological polar surface area (TPSA) is 29.0 Å². The lowest BCUT2D eigenvalue weighted by Crippen LogP contribution is -2.30. The Bertz CT molecular complexity index is 380. The SMILES string of the molecule is Cc1cc(N2CCCC2CCC(C)C)nc(C)n1. The summed E-state index contributed by atoms with van der Waals surface area (Å²) < 4.78 is 0. The zero-order valence-corrected chi connectivity index (χ0v) is 12.1. The lowest BCUT2D eigenvalue weighted by atomic mass is 10.0. The third-order valence-corrected chi connectivity index (χ3v) is 3.70. The van der Waals surface area contributed by atoms with E-state index in [2.05, 4.69) is 41.7 Å². The molecule has 1 aliphatic rings. The van der Waals surface area contributed by atoms with E-state index in [-0.39, 0.29) is 0 Å². The van der Waals surface area contributed by atoms with E-state index in [4.69, 9.17) is 0 Å². The Morgan fingerprint density at radius 2 is 2.11 bits per heavy atom. The Balaban J connectivity index is 2.10. The average molecular weight is 247 g/mol. The monoisotopic (exact) mass is 247 g/mol. The van der Waals surface area contributed by atoms with Gasteiger partial charge in [-0.1, -0.05) is 13.8 Å². The fraction of sp³-hybridized carbons (Fsp3) is 0.733. The summed E-state index contributed by atoms with van der Waals surface area (Å²) in [4.78, 5) is 11.5. The van der Waals surface area contributed by atoms with Gasteiger partial charge in [-0.05, 0) is 45.4 Å². The molecule has 18 heavy (non-hydrogen) atoms. The van der Waals surface area contributed by atoms with Gasteiger partial charge in [0.2, 0.25) is 0 Å². The van der Waals surface area contributed by atoms with Crippen LogP contribution in [-0.2, 0) is 0 Å². The van der Waals surface area contributed by atoms with Gasteiger partial charge in [0, 0.05) is 24.3 Å². The van der Waals surface area contributed by atoms with E-state index >= 15 is 0 Å². The molecule has 1 unspecified atom stereocenters. The molecule has 1 aromatic rings. The Kier molecular flexibility index (Phi) is 4.20. The van der Waals surface area contributed by atoms with Crippen molar-refractivity contribution in [3.8, 4) is 0 Å². The normalized spacial score (nSPS) is 19.8. The molecule has 0 aromatic carbocycles. The van der Waals surface area contributed by atoms with Crippen LogP contribution in [0.1, 0.15) is 51.0 Å². The molecule has 0 spiro atoms. The van der Waals surface area contributed by atoms with Crippen molar-refractivity contribution < 1.29 is 0 Å². The minimum atomic E-state index is 0.682. The number of aryl methyl sites for hydroxylation is 2. The second kappa shape index (κ2) is 5.68. The first-order valence-corrected chi connectivity index (χ1v) is 7.15. The molecule has 1 aromatic heterocycles. The summed E-state index contributed by atoms with van der Waals surface area (Å²) in [6, 6.07) is 2.81. The maximum absolute atomic E-state index is 4.61. The second-order valence-electron chi connectivity index (χ2n) is 5.88. The largest absolute Gasteiger partial charge is 0.354 e. The molecule has 0 aliphatic carbocycles. The highest BCUT2D eigenvalue weighted by atomic mass is 15.2. The van der Waals surface area contributed by atoms with Crippen LogP contribution >= 0.6 is 0 Å². The highest BCUT2D eigenvalue weighted by Crippen LogP contribution is 2.28. The predicted octanol–water partition coefficient (Wildman–Crippen LogP) is 3.50. The van der Waals surface area contributed by atoms with Crippen molar-refractivity contribution >= 4 is 5.82 Å². The van der Waals surface area contributed by atoms with Crippen LogP contribution in [0.25, 0.3) is 0 Å². The molecule has 1 fully saturated rings. The quantitative estimate of drug-likeness (QED) is 0.815. The summed E-state index contributed by atoms with van der Waals surface area (Å²) in [5.41, 5.74) is 1.08. The van der Waals surface area contributed by atoms with Crippen molar-refractivity contribution in [2.24, 2.45) is 5.92 Å². The molecule has 2 rings (SSSR count). The van der Waals surface area contributed by atoms with Gasteiger partial charge in [-0.3, -0.25) is 0 Å². The van der Waals surface area contributed by atoms with Gasteiger partial charge in [-0.2, -0.15) is 0 Å². The smallest absolute Gasteiger partial charge is 0.132 e. The van der Waals surface area contributed by atoms with Gasteiger partial charge in [0.1, 0.15) is 11.6 Å². The minimum Gasteiger partial charge on any atom is -0.354 e. The maximum Gasteiger partial charge on any atom is 0.132 e. The van der Waals surface area contributed by atoms with Crippen LogP contribution in [0.2, 0.25) is 0 Å². The van der Waals surface area contributed by atoms with Gasteiger partial charge < -0.3 is 4.90 Å². The van der Waals surface area contributed by atoms with Crippen LogP contribution in [0.4, 0.5) is 5.82 Å². The van der Waals surface area contributed by atoms with Crippen LogP contribution < -0.4 is 4.90 Å². The highest BCUT2D eigenvalue weighted by molar-refractivity contribution is 5.42. The van der Waals surface area contributed by atoms with Crippen molar-refractivity contribution in [1.82, 2.24) is 9.97 Å². The van der Waals surface area contributed by atoms with Crippen LogP contribution in [-0.4, -0.2) is 22.6 Å². The van der Waals surface area contributed by atoms with E-state index in [0.29, 0.717) is 6.04 Å². The molecule has 2 heterocycles. The van der Waals surface area contributed by atoms with E-state index in [1.807, 2.05) is 6.92 Å². The molecule has 3 heteroatoms. The van der Waals surface area contributed by atoms with Crippen LogP contribution in [0.5, 0.6) is 0 Å². The molecule has 0 saturated carbocycles. The molecule has 0 bridgehead atoms.